The summed E-state index contributed by atoms with van der Waals surface area (Å²) in [5.41, 5.74) is -0.709. The second kappa shape index (κ2) is 5.67. The minimum absolute atomic E-state index is 0. The molecule has 1 spiro atoms. The zero-order valence-electron chi connectivity index (χ0n) is 14.6. The summed E-state index contributed by atoms with van der Waals surface area (Å²) in [7, 11) is 0. The molecule has 1 atom stereocenters. The summed E-state index contributed by atoms with van der Waals surface area (Å²) in [6, 6.07) is 7.74. The van der Waals surface area contributed by atoms with Crippen LogP contribution < -0.4 is 5.32 Å². The minimum atomic E-state index is -0.989. The van der Waals surface area contributed by atoms with Gasteiger partial charge >= 0.3 is 0 Å². The molecule has 1 aromatic carbocycles. The van der Waals surface area contributed by atoms with Crippen molar-refractivity contribution in [1.29, 1.82) is 0 Å². The van der Waals surface area contributed by atoms with Gasteiger partial charge in [-0.25, -0.2) is 17.9 Å². The van der Waals surface area contributed by atoms with Gasteiger partial charge in [-0.2, -0.15) is 5.10 Å². The van der Waals surface area contributed by atoms with Gasteiger partial charge in [-0.3, -0.25) is 9.78 Å². The third kappa shape index (κ3) is 2.37. The number of pyridine rings is 1. The number of nitrogens with zero attached hydrogens (tertiary/aromatic N) is 3. The number of benzene rings is 1. The Morgan fingerprint density at radius 1 is 1.11 bits per heavy atom. The van der Waals surface area contributed by atoms with Crippen molar-refractivity contribution in [3.63, 3.8) is 0 Å². The Kier molecular flexibility index (Phi) is 3.44. The Balaban J connectivity index is 0.00000205. The monoisotopic (exact) mass is 386 g/mol. The molecule has 8 heteroatoms. The maximum absolute atomic E-state index is 14.4. The summed E-state index contributed by atoms with van der Waals surface area (Å²) in [5, 5.41) is 6.94. The Morgan fingerprint density at radius 3 is 2.61 bits per heavy atom. The summed E-state index contributed by atoms with van der Waals surface area (Å²) in [6.07, 6.45) is 5.29. The van der Waals surface area contributed by atoms with Crippen LogP contribution in [0, 0.1) is 22.9 Å². The number of carbonyl (C=O) groups excluding carboxylic acids is 1. The minimum Gasteiger partial charge on any atom is -0.308 e. The van der Waals surface area contributed by atoms with Gasteiger partial charge in [0.15, 0.2) is 17.5 Å². The summed E-state index contributed by atoms with van der Waals surface area (Å²) in [6.45, 7) is 0. The van der Waals surface area contributed by atoms with E-state index >= 15 is 0 Å². The maximum Gasteiger partial charge on any atom is 0.238 e. The molecule has 0 saturated heterocycles. The molecule has 144 valence electrons. The van der Waals surface area contributed by atoms with Crippen molar-refractivity contribution in [2.24, 2.45) is 5.41 Å². The zero-order valence-corrected chi connectivity index (χ0v) is 14.6. The van der Waals surface area contributed by atoms with Crippen molar-refractivity contribution in [3.8, 4) is 5.69 Å². The molecule has 0 bridgehead atoms. The first-order valence-electron chi connectivity index (χ1n) is 8.89. The van der Waals surface area contributed by atoms with Gasteiger partial charge in [0.2, 0.25) is 5.91 Å². The quantitative estimate of drug-likeness (QED) is 0.738. The molecule has 2 fully saturated rings. The van der Waals surface area contributed by atoms with Crippen molar-refractivity contribution in [2.75, 3.05) is 5.32 Å². The van der Waals surface area contributed by atoms with Crippen LogP contribution in [0.1, 0.15) is 26.4 Å². The molecule has 5 nitrogen and oxygen atoms in total. The lowest BCUT2D eigenvalue weighted by Gasteiger charge is -2.16. The van der Waals surface area contributed by atoms with E-state index in [9.17, 15) is 18.0 Å². The van der Waals surface area contributed by atoms with Gasteiger partial charge in [-0.1, -0.05) is 0 Å². The van der Waals surface area contributed by atoms with Crippen LogP contribution in [-0.4, -0.2) is 20.7 Å². The molecular weight excluding hydrogens is 369 g/mol. The van der Waals surface area contributed by atoms with E-state index in [-0.39, 0.29) is 24.3 Å². The number of nitrogens with one attached hydrogen (secondary N) is 1. The topological polar surface area (TPSA) is 59.8 Å². The fourth-order valence-electron chi connectivity index (χ4n) is 4.07. The van der Waals surface area contributed by atoms with Crippen LogP contribution >= 0.6 is 0 Å². The van der Waals surface area contributed by atoms with Gasteiger partial charge in [-0.15, -0.1) is 0 Å². The van der Waals surface area contributed by atoms with Crippen molar-refractivity contribution < 1.29 is 19.4 Å². The van der Waals surface area contributed by atoms with E-state index in [2.05, 4.69) is 15.4 Å². The number of aromatic nitrogens is 3. The van der Waals surface area contributed by atoms with Gasteiger partial charge < -0.3 is 5.32 Å². The Hall–Kier alpha value is -3.16. The van der Waals surface area contributed by atoms with Crippen LogP contribution in [0.5, 0.6) is 0 Å². The Labute approximate surface area is 159 Å². The van der Waals surface area contributed by atoms with Gasteiger partial charge in [0, 0.05) is 26.0 Å². The Bertz CT molecular complexity index is 1110. The van der Waals surface area contributed by atoms with Crippen molar-refractivity contribution in [1.82, 2.24) is 14.8 Å². The predicted molar refractivity (Wildman–Crippen MR) is 96.4 cm³/mol. The van der Waals surface area contributed by atoms with E-state index in [4.69, 9.17) is 0 Å². The van der Waals surface area contributed by atoms with E-state index in [1.165, 1.54) is 35.3 Å². The zero-order chi connectivity index (χ0) is 19.5. The number of amides is 1. The van der Waals surface area contributed by atoms with E-state index < -0.39 is 22.9 Å². The maximum atomic E-state index is 14.4. The molecule has 2 aromatic heterocycles. The number of anilines is 1. The molecule has 0 radical (unpaired) electrons. The molecule has 3 aromatic rings. The third-order valence-electron chi connectivity index (χ3n) is 5.79. The van der Waals surface area contributed by atoms with E-state index in [1.807, 2.05) is 0 Å². The highest BCUT2D eigenvalue weighted by Crippen LogP contribution is 2.78. The predicted octanol–water partition coefficient (Wildman–Crippen LogP) is 3.99. The fourth-order valence-corrected chi connectivity index (χ4v) is 4.07. The molecule has 2 heterocycles. The van der Waals surface area contributed by atoms with Crippen molar-refractivity contribution in [3.05, 3.63) is 71.9 Å². The summed E-state index contributed by atoms with van der Waals surface area (Å²) >= 11 is 0. The van der Waals surface area contributed by atoms with Crippen molar-refractivity contribution in [2.45, 2.75) is 24.7 Å². The number of rotatable bonds is 4. The average Bonchev–Trinajstić information content (AvgIpc) is 3.55. The molecule has 2 saturated carbocycles. The van der Waals surface area contributed by atoms with Gasteiger partial charge in [0.05, 0.1) is 11.4 Å². The first-order valence-corrected chi connectivity index (χ1v) is 8.89. The standard InChI is InChI=1S/C20H15F3N4O.H2/c21-13-4-3-12(10-15(13)23)27-9-5-16(26-27)25-18(28)20(11-19(20)6-7-19)17-14(22)2-1-8-24-17;/h1-5,8-10H,6-7,11H2,(H,25,26,28);1H. The number of carbonyl (C=O) groups is 1. The molecule has 5 rings (SSSR count). The summed E-state index contributed by atoms with van der Waals surface area (Å²) < 4.78 is 42.2. The van der Waals surface area contributed by atoms with Crippen LogP contribution in [0.2, 0.25) is 0 Å². The first kappa shape index (κ1) is 17.0. The van der Waals surface area contributed by atoms with Crippen LogP contribution in [-0.2, 0) is 10.2 Å². The molecular formula is C20H17F3N4O. The van der Waals surface area contributed by atoms with Gasteiger partial charge in [0.25, 0.3) is 0 Å². The van der Waals surface area contributed by atoms with Crippen LogP contribution in [0.25, 0.3) is 5.69 Å². The highest BCUT2D eigenvalue weighted by Gasteiger charge is 2.79. The molecule has 0 aliphatic heterocycles. The second-order valence-corrected chi connectivity index (χ2v) is 7.39. The van der Waals surface area contributed by atoms with Crippen LogP contribution in [0.4, 0.5) is 19.0 Å². The SMILES string of the molecule is O=C(Nc1ccn(-c2ccc(F)c(F)c2)n1)C1(c2ncccc2F)CC12CC2.[HH]. The smallest absolute Gasteiger partial charge is 0.238 e. The van der Waals surface area contributed by atoms with E-state index in [0.717, 1.165) is 25.0 Å². The molecule has 1 unspecified atom stereocenters. The van der Waals surface area contributed by atoms with E-state index in [0.29, 0.717) is 12.1 Å². The number of hydrogen-bond acceptors (Lipinski definition) is 3. The molecule has 1 amide bonds. The van der Waals surface area contributed by atoms with Crippen LogP contribution in [0.15, 0.2) is 48.8 Å². The normalized spacial score (nSPS) is 21.5. The number of halogens is 3. The Morgan fingerprint density at radius 2 is 1.93 bits per heavy atom. The van der Waals surface area contributed by atoms with Gasteiger partial charge in [0.1, 0.15) is 11.2 Å². The summed E-state index contributed by atoms with van der Waals surface area (Å²) in [4.78, 5) is 17.2. The van der Waals surface area contributed by atoms with Crippen LogP contribution in [0.3, 0.4) is 0 Å². The lowest BCUT2D eigenvalue weighted by Crippen LogP contribution is -2.32. The lowest BCUT2D eigenvalue weighted by atomic mass is 9.95. The van der Waals surface area contributed by atoms with E-state index in [1.54, 1.807) is 6.07 Å². The summed E-state index contributed by atoms with van der Waals surface area (Å²) in [5.74, 6) is -2.54. The first-order chi connectivity index (χ1) is 13.4. The third-order valence-corrected chi connectivity index (χ3v) is 5.79. The van der Waals surface area contributed by atoms with Gasteiger partial charge in [-0.05, 0) is 48.9 Å². The second-order valence-electron chi connectivity index (χ2n) is 7.39. The lowest BCUT2D eigenvalue weighted by molar-refractivity contribution is -0.119. The molecule has 2 aliphatic rings. The molecule has 28 heavy (non-hydrogen) atoms. The highest BCUT2D eigenvalue weighted by molar-refractivity contribution is 6.02. The van der Waals surface area contributed by atoms with Crippen molar-refractivity contribution >= 4 is 11.7 Å². The highest BCUT2D eigenvalue weighted by atomic mass is 19.2. The average molecular weight is 386 g/mol. The molecule has 2 aliphatic carbocycles. The molecule has 1 N–H and O–H groups in total. The largest absolute Gasteiger partial charge is 0.308 e. The number of hydrogen-bond donors (Lipinski definition) is 1. The fraction of sp³-hybridized carbons (Fsp3) is 0.250.